The van der Waals surface area contributed by atoms with Crippen LogP contribution >= 0.6 is 11.3 Å². The van der Waals surface area contributed by atoms with Crippen molar-refractivity contribution in [3.05, 3.63) is 46.7 Å². The molecule has 9 heteroatoms. The number of sulfonamides is 1. The minimum atomic E-state index is -3.49. The fourth-order valence-corrected chi connectivity index (χ4v) is 3.47. The Hall–Kier alpha value is -2.23. The van der Waals surface area contributed by atoms with Crippen molar-refractivity contribution < 1.29 is 18.0 Å². The highest BCUT2D eigenvalue weighted by atomic mass is 32.2. The lowest BCUT2D eigenvalue weighted by molar-refractivity contribution is -0.116. The fraction of sp³-hybridized carbons (Fsp3) is 0.250. The predicted octanol–water partition coefficient (Wildman–Crippen LogP) is 1.76. The molecule has 1 aromatic carbocycles. The molecule has 2 N–H and O–H groups in total. The second kappa shape index (κ2) is 8.24. The number of nitrogens with one attached hydrogen (secondary N) is 2. The zero-order valence-electron chi connectivity index (χ0n) is 13.9. The summed E-state index contributed by atoms with van der Waals surface area (Å²) in [4.78, 5) is 23.8. The van der Waals surface area contributed by atoms with E-state index in [1.807, 2.05) is 5.38 Å². The van der Waals surface area contributed by atoms with Gasteiger partial charge in [0.05, 0.1) is 4.90 Å². The van der Waals surface area contributed by atoms with Gasteiger partial charge in [-0.05, 0) is 35.7 Å². The summed E-state index contributed by atoms with van der Waals surface area (Å²) < 4.78 is 25.1. The third kappa shape index (κ3) is 5.12. The number of nitrogens with zero attached hydrogens (tertiary/aromatic N) is 1. The van der Waals surface area contributed by atoms with Crippen molar-refractivity contribution in [3.63, 3.8) is 0 Å². The van der Waals surface area contributed by atoms with Crippen LogP contribution in [0.5, 0.6) is 0 Å². The molecule has 0 unspecified atom stereocenters. The van der Waals surface area contributed by atoms with E-state index in [4.69, 9.17) is 0 Å². The number of benzene rings is 1. The van der Waals surface area contributed by atoms with E-state index >= 15 is 0 Å². The lowest BCUT2D eigenvalue weighted by Gasteiger charge is -2.12. The van der Waals surface area contributed by atoms with Crippen molar-refractivity contribution in [1.29, 1.82) is 0 Å². The summed E-state index contributed by atoms with van der Waals surface area (Å²) in [7, 11) is -0.586. The molecule has 0 aliphatic carbocycles. The van der Waals surface area contributed by atoms with E-state index in [9.17, 15) is 18.0 Å². The Balaban J connectivity index is 1.83. The van der Waals surface area contributed by atoms with Crippen LogP contribution in [0.2, 0.25) is 0 Å². The van der Waals surface area contributed by atoms with Gasteiger partial charge in [0, 0.05) is 43.7 Å². The minimum Gasteiger partial charge on any atom is -0.351 e. The Morgan fingerprint density at radius 3 is 2.36 bits per heavy atom. The molecule has 0 saturated heterocycles. The predicted molar refractivity (Wildman–Crippen MR) is 97.2 cm³/mol. The fourth-order valence-electron chi connectivity index (χ4n) is 1.93. The van der Waals surface area contributed by atoms with Gasteiger partial charge in [-0.15, -0.1) is 0 Å². The summed E-state index contributed by atoms with van der Waals surface area (Å²) >= 11 is 1.43. The van der Waals surface area contributed by atoms with Crippen molar-refractivity contribution in [2.45, 2.75) is 11.3 Å². The highest BCUT2D eigenvalue weighted by Crippen LogP contribution is 2.16. The Bertz CT molecular complexity index is 829. The van der Waals surface area contributed by atoms with Gasteiger partial charge in [-0.3, -0.25) is 9.59 Å². The van der Waals surface area contributed by atoms with Crippen LogP contribution in [0.25, 0.3) is 0 Å². The number of amides is 2. The Morgan fingerprint density at radius 1 is 1.12 bits per heavy atom. The molecule has 0 bridgehead atoms. The van der Waals surface area contributed by atoms with Gasteiger partial charge in [-0.1, -0.05) is 0 Å². The van der Waals surface area contributed by atoms with Crippen molar-refractivity contribution >= 4 is 38.9 Å². The van der Waals surface area contributed by atoms with Crippen LogP contribution in [0.1, 0.15) is 16.8 Å². The molecule has 0 aliphatic heterocycles. The van der Waals surface area contributed by atoms with E-state index in [1.54, 1.807) is 11.4 Å². The molecule has 1 aromatic heterocycles. The standard InChI is InChI=1S/C16H19N3O4S2/c1-19(2)25(22,23)14-5-3-13(4-6-14)18-15(20)7-9-17-16(21)12-8-10-24-11-12/h3-6,8,10-11H,7,9H2,1-2H3,(H,17,21)(H,18,20). The number of carbonyl (C=O) groups is 2. The zero-order valence-corrected chi connectivity index (χ0v) is 15.5. The van der Waals surface area contributed by atoms with Gasteiger partial charge in [0.15, 0.2) is 0 Å². The topological polar surface area (TPSA) is 95.6 Å². The van der Waals surface area contributed by atoms with Crippen molar-refractivity contribution in [1.82, 2.24) is 9.62 Å². The molecule has 2 amide bonds. The molecule has 134 valence electrons. The first kappa shape index (κ1) is 19.1. The molecule has 0 fully saturated rings. The van der Waals surface area contributed by atoms with Crippen LogP contribution in [0, 0.1) is 0 Å². The normalized spacial score (nSPS) is 11.3. The molecule has 0 radical (unpaired) electrons. The smallest absolute Gasteiger partial charge is 0.252 e. The maximum absolute atomic E-state index is 12.0. The van der Waals surface area contributed by atoms with Gasteiger partial charge in [0.2, 0.25) is 15.9 Å². The minimum absolute atomic E-state index is 0.119. The first-order valence-corrected chi connectivity index (χ1v) is 9.82. The monoisotopic (exact) mass is 381 g/mol. The van der Waals surface area contributed by atoms with E-state index < -0.39 is 10.0 Å². The molecule has 2 rings (SSSR count). The first-order valence-electron chi connectivity index (χ1n) is 7.43. The summed E-state index contributed by atoms with van der Waals surface area (Å²) in [5, 5.41) is 8.87. The molecule has 1 heterocycles. The molecule has 0 saturated carbocycles. The number of carbonyl (C=O) groups excluding carboxylic acids is 2. The van der Waals surface area contributed by atoms with Gasteiger partial charge in [0.1, 0.15) is 0 Å². The summed E-state index contributed by atoms with van der Waals surface area (Å²) in [6.07, 6.45) is 0.119. The lowest BCUT2D eigenvalue weighted by Crippen LogP contribution is -2.27. The second-order valence-electron chi connectivity index (χ2n) is 5.38. The second-order valence-corrected chi connectivity index (χ2v) is 8.31. The van der Waals surface area contributed by atoms with Gasteiger partial charge in [-0.25, -0.2) is 12.7 Å². The average molecular weight is 381 g/mol. The molecule has 7 nitrogen and oxygen atoms in total. The van der Waals surface area contributed by atoms with E-state index in [1.165, 1.54) is 49.7 Å². The molecule has 0 atom stereocenters. The lowest BCUT2D eigenvalue weighted by atomic mass is 10.3. The van der Waals surface area contributed by atoms with Crippen LogP contribution in [0.4, 0.5) is 5.69 Å². The van der Waals surface area contributed by atoms with Gasteiger partial charge in [0.25, 0.3) is 5.91 Å². The maximum atomic E-state index is 12.0. The van der Waals surface area contributed by atoms with Crippen LogP contribution in [0.3, 0.4) is 0 Å². The highest BCUT2D eigenvalue weighted by Gasteiger charge is 2.16. The van der Waals surface area contributed by atoms with E-state index in [0.717, 1.165) is 4.31 Å². The van der Waals surface area contributed by atoms with Gasteiger partial charge in [-0.2, -0.15) is 11.3 Å². The molecule has 0 spiro atoms. The summed E-state index contributed by atoms with van der Waals surface area (Å²) in [5.74, 6) is -0.485. The van der Waals surface area contributed by atoms with Crippen LogP contribution in [0.15, 0.2) is 46.0 Å². The molecule has 25 heavy (non-hydrogen) atoms. The van der Waals surface area contributed by atoms with E-state index in [-0.39, 0.29) is 29.7 Å². The zero-order chi connectivity index (χ0) is 18.4. The number of anilines is 1. The highest BCUT2D eigenvalue weighted by molar-refractivity contribution is 7.89. The summed E-state index contributed by atoms with van der Waals surface area (Å²) in [5.41, 5.74) is 1.06. The number of hydrogen-bond acceptors (Lipinski definition) is 5. The molecular formula is C16H19N3O4S2. The molecule has 0 aliphatic rings. The number of rotatable bonds is 7. The van der Waals surface area contributed by atoms with E-state index in [2.05, 4.69) is 10.6 Å². The Labute approximate surface area is 150 Å². The quantitative estimate of drug-likeness (QED) is 0.764. The van der Waals surface area contributed by atoms with Crippen molar-refractivity contribution in [2.24, 2.45) is 0 Å². The number of thiophene rings is 1. The van der Waals surface area contributed by atoms with Crippen molar-refractivity contribution in [2.75, 3.05) is 26.0 Å². The first-order chi connectivity index (χ1) is 11.8. The van der Waals surface area contributed by atoms with Gasteiger partial charge >= 0.3 is 0 Å². The summed E-state index contributed by atoms with van der Waals surface area (Å²) in [6.45, 7) is 0.216. The Morgan fingerprint density at radius 2 is 1.80 bits per heavy atom. The molecular weight excluding hydrogens is 362 g/mol. The maximum Gasteiger partial charge on any atom is 0.252 e. The van der Waals surface area contributed by atoms with Gasteiger partial charge < -0.3 is 10.6 Å². The van der Waals surface area contributed by atoms with Crippen molar-refractivity contribution in [3.8, 4) is 0 Å². The molecule has 2 aromatic rings. The third-order valence-corrected chi connectivity index (χ3v) is 5.85. The number of hydrogen-bond donors (Lipinski definition) is 2. The van der Waals surface area contributed by atoms with E-state index in [0.29, 0.717) is 11.3 Å². The van der Waals surface area contributed by atoms with Crippen LogP contribution in [-0.2, 0) is 14.8 Å². The average Bonchev–Trinajstić information content (AvgIpc) is 3.09. The Kier molecular flexibility index (Phi) is 6.29. The summed E-state index contributed by atoms with van der Waals surface area (Å²) in [6, 6.07) is 7.63. The largest absolute Gasteiger partial charge is 0.351 e. The van der Waals surface area contributed by atoms with Crippen LogP contribution in [-0.4, -0.2) is 45.2 Å². The SMILES string of the molecule is CN(C)S(=O)(=O)c1ccc(NC(=O)CCNC(=O)c2ccsc2)cc1. The third-order valence-electron chi connectivity index (χ3n) is 3.34. The van der Waals surface area contributed by atoms with Crippen LogP contribution < -0.4 is 10.6 Å².